The van der Waals surface area contributed by atoms with E-state index in [1.54, 1.807) is 0 Å². The molecule has 2 unspecified atom stereocenters. The van der Waals surface area contributed by atoms with Gasteiger partial charge in [0.2, 0.25) is 0 Å². The maximum Gasteiger partial charge on any atom is 0.178 e. The minimum atomic E-state index is -3.33. The molecule has 0 bridgehead atoms. The quantitative estimate of drug-likeness (QED) is 0.816. The van der Waals surface area contributed by atoms with Crippen LogP contribution >= 0.6 is 0 Å². The van der Waals surface area contributed by atoms with Crippen LogP contribution in [0.2, 0.25) is 0 Å². The third-order valence-electron chi connectivity index (χ3n) is 3.77. The molecule has 1 aliphatic rings. The second kappa shape index (κ2) is 6.42. The van der Waals surface area contributed by atoms with Crippen LogP contribution < -0.4 is 5.32 Å². The Morgan fingerprint density at radius 1 is 1.43 bits per heavy atom. The summed E-state index contributed by atoms with van der Waals surface area (Å²) in [5.74, 6) is 0.0133. The van der Waals surface area contributed by atoms with Gasteiger partial charge < -0.3 is 10.4 Å². The van der Waals surface area contributed by atoms with E-state index in [0.29, 0.717) is 17.9 Å². The predicted octanol–water partition coefficient (Wildman–Crippen LogP) is 2.04. The van der Waals surface area contributed by atoms with Gasteiger partial charge in [-0.1, -0.05) is 13.8 Å². The summed E-state index contributed by atoms with van der Waals surface area (Å²) in [6.45, 7) is 4.10. The first-order valence-corrected chi connectivity index (χ1v) is 8.88. The Kier molecular flexibility index (Phi) is 5.01. The number of sulfone groups is 1. The second-order valence-corrected chi connectivity index (χ2v) is 8.10. The van der Waals surface area contributed by atoms with E-state index in [9.17, 15) is 17.9 Å². The van der Waals surface area contributed by atoms with Gasteiger partial charge >= 0.3 is 0 Å². The third kappa shape index (κ3) is 3.81. The van der Waals surface area contributed by atoms with Crippen molar-refractivity contribution in [3.05, 3.63) is 29.6 Å². The zero-order valence-corrected chi connectivity index (χ0v) is 13.2. The third-order valence-corrected chi connectivity index (χ3v) is 5.59. The Labute approximate surface area is 125 Å². The summed E-state index contributed by atoms with van der Waals surface area (Å²) in [7, 11) is -3.33. The number of fused-ring (bicyclic) bond motifs is 1. The Morgan fingerprint density at radius 3 is 2.76 bits per heavy atom. The van der Waals surface area contributed by atoms with Crippen LogP contribution in [-0.2, 0) is 9.84 Å². The fourth-order valence-corrected chi connectivity index (χ4v) is 4.44. The maximum atomic E-state index is 13.5. The first-order chi connectivity index (χ1) is 9.83. The molecule has 1 aromatic carbocycles. The molecule has 4 nitrogen and oxygen atoms in total. The van der Waals surface area contributed by atoms with Gasteiger partial charge in [0, 0.05) is 12.1 Å². The van der Waals surface area contributed by atoms with Crippen LogP contribution in [0.5, 0.6) is 0 Å². The average molecular weight is 315 g/mol. The average Bonchev–Trinajstić information content (AvgIpc) is 2.40. The van der Waals surface area contributed by atoms with Crippen molar-refractivity contribution >= 4 is 9.84 Å². The Balaban J connectivity index is 2.29. The minimum Gasteiger partial charge on any atom is -0.395 e. The molecule has 2 rings (SSSR count). The molecule has 1 aromatic rings. The molecule has 21 heavy (non-hydrogen) atoms. The zero-order valence-electron chi connectivity index (χ0n) is 12.3. The lowest BCUT2D eigenvalue weighted by Crippen LogP contribution is -2.39. The van der Waals surface area contributed by atoms with E-state index in [0.717, 1.165) is 6.42 Å². The van der Waals surface area contributed by atoms with Crippen LogP contribution in [0.3, 0.4) is 0 Å². The minimum absolute atomic E-state index is 0.0217. The highest BCUT2D eigenvalue weighted by atomic mass is 32.2. The molecule has 2 N–H and O–H groups in total. The van der Waals surface area contributed by atoms with Crippen LogP contribution in [-0.4, -0.2) is 31.9 Å². The van der Waals surface area contributed by atoms with Crippen molar-refractivity contribution in [2.24, 2.45) is 5.92 Å². The standard InChI is InChI=1S/C15H22FNO3S/c1-10(2)7-12(9-18)17-14-5-6-21(19,20)15-4-3-11(16)8-13(14)15/h3-4,8,10,12,14,17-18H,5-7,9H2,1-2H3. The van der Waals surface area contributed by atoms with E-state index in [1.165, 1.54) is 18.2 Å². The molecule has 0 fully saturated rings. The van der Waals surface area contributed by atoms with Crippen molar-refractivity contribution in [1.29, 1.82) is 0 Å². The predicted molar refractivity (Wildman–Crippen MR) is 79.3 cm³/mol. The number of rotatable bonds is 5. The van der Waals surface area contributed by atoms with Crippen molar-refractivity contribution < 1.29 is 17.9 Å². The van der Waals surface area contributed by atoms with E-state index < -0.39 is 15.7 Å². The molecule has 0 saturated carbocycles. The van der Waals surface area contributed by atoms with Crippen LogP contribution in [0.1, 0.15) is 38.3 Å². The molecule has 1 aliphatic heterocycles. The van der Waals surface area contributed by atoms with Gasteiger partial charge in [0.1, 0.15) is 5.82 Å². The number of benzene rings is 1. The fourth-order valence-electron chi connectivity index (χ4n) is 2.84. The number of aliphatic hydroxyl groups excluding tert-OH is 1. The zero-order chi connectivity index (χ0) is 15.6. The summed E-state index contributed by atoms with van der Waals surface area (Å²) >= 11 is 0. The lowest BCUT2D eigenvalue weighted by atomic mass is 9.99. The number of nitrogens with one attached hydrogen (secondary N) is 1. The summed E-state index contributed by atoms with van der Waals surface area (Å²) < 4.78 is 37.6. The molecule has 118 valence electrons. The molecule has 2 atom stereocenters. The van der Waals surface area contributed by atoms with E-state index in [4.69, 9.17) is 0 Å². The lowest BCUT2D eigenvalue weighted by Gasteiger charge is -2.30. The molecule has 1 heterocycles. The summed E-state index contributed by atoms with van der Waals surface area (Å²) in [5, 5.41) is 12.7. The molecular weight excluding hydrogens is 293 g/mol. The highest BCUT2D eigenvalue weighted by molar-refractivity contribution is 7.91. The van der Waals surface area contributed by atoms with Gasteiger partial charge in [-0.25, -0.2) is 12.8 Å². The fraction of sp³-hybridized carbons (Fsp3) is 0.600. The monoisotopic (exact) mass is 315 g/mol. The Bertz CT molecular complexity index is 601. The Morgan fingerprint density at radius 2 is 2.14 bits per heavy atom. The van der Waals surface area contributed by atoms with Crippen LogP contribution in [0, 0.1) is 11.7 Å². The molecule has 6 heteroatoms. The molecule has 0 radical (unpaired) electrons. The highest BCUT2D eigenvalue weighted by Gasteiger charge is 2.31. The van der Waals surface area contributed by atoms with Gasteiger partial charge in [-0.15, -0.1) is 0 Å². The summed E-state index contributed by atoms with van der Waals surface area (Å²) in [5.41, 5.74) is 0.475. The first-order valence-electron chi connectivity index (χ1n) is 7.22. The van der Waals surface area contributed by atoms with Crippen molar-refractivity contribution in [2.45, 2.75) is 43.7 Å². The molecule has 0 aliphatic carbocycles. The largest absolute Gasteiger partial charge is 0.395 e. The van der Waals surface area contributed by atoms with Gasteiger partial charge in [-0.3, -0.25) is 0 Å². The Hall–Kier alpha value is -0.980. The van der Waals surface area contributed by atoms with Gasteiger partial charge in [-0.2, -0.15) is 0 Å². The van der Waals surface area contributed by atoms with Crippen LogP contribution in [0.15, 0.2) is 23.1 Å². The molecule has 0 amide bonds. The van der Waals surface area contributed by atoms with Gasteiger partial charge in [-0.05, 0) is 42.5 Å². The lowest BCUT2D eigenvalue weighted by molar-refractivity contribution is 0.211. The van der Waals surface area contributed by atoms with E-state index in [2.05, 4.69) is 19.2 Å². The number of halogens is 1. The number of hydrogen-bond donors (Lipinski definition) is 2. The maximum absolute atomic E-state index is 13.5. The number of aliphatic hydroxyl groups is 1. The highest BCUT2D eigenvalue weighted by Crippen LogP contribution is 2.33. The summed E-state index contributed by atoms with van der Waals surface area (Å²) in [6.07, 6.45) is 1.18. The van der Waals surface area contributed by atoms with Crippen LogP contribution in [0.4, 0.5) is 4.39 Å². The smallest absolute Gasteiger partial charge is 0.178 e. The second-order valence-electron chi connectivity index (χ2n) is 6.02. The van der Waals surface area contributed by atoms with E-state index >= 15 is 0 Å². The molecule has 0 spiro atoms. The topological polar surface area (TPSA) is 66.4 Å². The van der Waals surface area contributed by atoms with Crippen molar-refractivity contribution in [2.75, 3.05) is 12.4 Å². The van der Waals surface area contributed by atoms with E-state index in [1.807, 2.05) is 0 Å². The summed E-state index contributed by atoms with van der Waals surface area (Å²) in [4.78, 5) is 0.203. The van der Waals surface area contributed by atoms with Crippen LogP contribution in [0.25, 0.3) is 0 Å². The molecule has 0 aromatic heterocycles. The molecular formula is C15H22FNO3S. The van der Waals surface area contributed by atoms with Gasteiger partial charge in [0.25, 0.3) is 0 Å². The number of hydrogen-bond acceptors (Lipinski definition) is 4. The van der Waals surface area contributed by atoms with Gasteiger partial charge in [0.05, 0.1) is 17.3 Å². The summed E-state index contributed by atoms with van der Waals surface area (Å²) in [6, 6.07) is 3.44. The van der Waals surface area contributed by atoms with E-state index in [-0.39, 0.29) is 29.3 Å². The SMILES string of the molecule is CC(C)CC(CO)NC1CCS(=O)(=O)c2ccc(F)cc21. The van der Waals surface area contributed by atoms with Crippen molar-refractivity contribution in [3.8, 4) is 0 Å². The first kappa shape index (κ1) is 16.4. The normalized spacial score (nSPS) is 22.0. The van der Waals surface area contributed by atoms with Crippen molar-refractivity contribution in [3.63, 3.8) is 0 Å². The van der Waals surface area contributed by atoms with Crippen molar-refractivity contribution in [1.82, 2.24) is 5.32 Å². The molecule has 0 saturated heterocycles. The van der Waals surface area contributed by atoms with Gasteiger partial charge in [0.15, 0.2) is 9.84 Å².